The van der Waals surface area contributed by atoms with Crippen LogP contribution in [0.3, 0.4) is 0 Å². The summed E-state index contributed by atoms with van der Waals surface area (Å²) in [6.45, 7) is 2.19. The van der Waals surface area contributed by atoms with Crippen LogP contribution in [0.2, 0.25) is 0 Å². The first-order chi connectivity index (χ1) is 9.24. The highest BCUT2D eigenvalue weighted by molar-refractivity contribution is 5.84. The van der Waals surface area contributed by atoms with Crippen molar-refractivity contribution in [2.75, 3.05) is 12.3 Å². The van der Waals surface area contributed by atoms with Gasteiger partial charge in [0.1, 0.15) is 11.9 Å². The number of unbranched alkanes of at least 4 members (excludes halogenated alkanes) is 1. The minimum Gasteiger partial charge on any atom is -0.460 e. The fraction of sp³-hybridized carbons (Fsp3) is 0.583. The second-order valence-electron chi connectivity index (χ2n) is 4.42. The second kappa shape index (κ2) is 6.33. The summed E-state index contributed by atoms with van der Waals surface area (Å²) in [6.07, 6.45) is 5.02. The molecule has 0 saturated carbocycles. The molecule has 4 N–H and O–H groups in total. The van der Waals surface area contributed by atoms with Crippen LogP contribution in [0.5, 0.6) is 6.01 Å². The third-order valence-corrected chi connectivity index (χ3v) is 2.92. The normalized spacial score (nSPS) is 12.7. The Morgan fingerprint density at radius 2 is 2.26 bits per heavy atom. The highest BCUT2D eigenvalue weighted by Crippen LogP contribution is 2.20. The van der Waals surface area contributed by atoms with E-state index in [9.17, 15) is 0 Å². The number of hydrogen-bond acceptors (Lipinski definition) is 6. The fourth-order valence-electron chi connectivity index (χ4n) is 1.88. The van der Waals surface area contributed by atoms with E-state index in [1.165, 1.54) is 0 Å². The zero-order chi connectivity index (χ0) is 13.7. The third-order valence-electron chi connectivity index (χ3n) is 2.92. The summed E-state index contributed by atoms with van der Waals surface area (Å²) >= 11 is 0. The van der Waals surface area contributed by atoms with Gasteiger partial charge in [-0.2, -0.15) is 15.1 Å². The predicted octanol–water partition coefficient (Wildman–Crippen LogP) is 1.26. The molecule has 2 aromatic rings. The van der Waals surface area contributed by atoms with Crippen molar-refractivity contribution in [2.45, 2.75) is 38.7 Å². The number of rotatable bonds is 7. The highest BCUT2D eigenvalue weighted by Gasteiger charge is 2.14. The van der Waals surface area contributed by atoms with Crippen LogP contribution in [-0.2, 0) is 0 Å². The van der Waals surface area contributed by atoms with Crippen LogP contribution in [0, 0.1) is 0 Å². The number of nitrogen functional groups attached to an aromatic ring is 1. The molecule has 0 aliphatic rings. The minimum atomic E-state index is -0.0929. The van der Waals surface area contributed by atoms with Crippen LogP contribution in [0.4, 0.5) is 5.82 Å². The maximum absolute atomic E-state index is 9.05. The first kappa shape index (κ1) is 13.5. The molecular formula is C12H19N5O2. The number of H-pyrrole nitrogens is 1. The summed E-state index contributed by atoms with van der Waals surface area (Å²) in [4.78, 5) is 8.32. The standard InChI is InChI=1S/C12H19N5O2/c1-2-3-4-8(5-6-18)19-12-15-10(13)9-7-14-17-11(9)16-12/h7-8,18H,2-6H2,1H3,(H3,13,14,15,16,17)/t8-/m0/s1. The average molecular weight is 265 g/mol. The van der Waals surface area contributed by atoms with E-state index >= 15 is 0 Å². The monoisotopic (exact) mass is 265 g/mol. The topological polar surface area (TPSA) is 110 Å². The van der Waals surface area contributed by atoms with Gasteiger partial charge in [0.25, 0.3) is 0 Å². The SMILES string of the molecule is CCCC[C@@H](CCO)Oc1nc(N)c2cn[nH]c2n1. The Morgan fingerprint density at radius 3 is 3.00 bits per heavy atom. The lowest BCUT2D eigenvalue weighted by atomic mass is 10.1. The van der Waals surface area contributed by atoms with Crippen LogP contribution in [0.1, 0.15) is 32.6 Å². The number of nitrogens with two attached hydrogens (primary N) is 1. The van der Waals surface area contributed by atoms with Gasteiger partial charge in [-0.25, -0.2) is 0 Å². The van der Waals surface area contributed by atoms with Gasteiger partial charge in [0.2, 0.25) is 0 Å². The largest absolute Gasteiger partial charge is 0.460 e. The minimum absolute atomic E-state index is 0.0795. The Labute approximate surface area is 111 Å². The first-order valence-corrected chi connectivity index (χ1v) is 6.48. The molecule has 0 saturated heterocycles. The van der Waals surface area contributed by atoms with Gasteiger partial charge in [-0.1, -0.05) is 19.8 Å². The molecule has 0 radical (unpaired) electrons. The molecule has 104 valence electrons. The molecule has 0 amide bonds. The zero-order valence-corrected chi connectivity index (χ0v) is 11.0. The molecule has 2 heterocycles. The van der Waals surface area contributed by atoms with Crippen LogP contribution in [0.25, 0.3) is 11.0 Å². The van der Waals surface area contributed by atoms with Crippen molar-refractivity contribution in [3.05, 3.63) is 6.20 Å². The predicted molar refractivity (Wildman–Crippen MR) is 71.7 cm³/mol. The van der Waals surface area contributed by atoms with E-state index in [1.807, 2.05) is 0 Å². The van der Waals surface area contributed by atoms with Crippen molar-refractivity contribution in [2.24, 2.45) is 0 Å². The van der Waals surface area contributed by atoms with Crippen molar-refractivity contribution in [1.29, 1.82) is 0 Å². The summed E-state index contributed by atoms with van der Waals surface area (Å²) in [5.41, 5.74) is 6.37. The summed E-state index contributed by atoms with van der Waals surface area (Å²) in [5, 5.41) is 16.3. The molecule has 0 aliphatic carbocycles. The van der Waals surface area contributed by atoms with Crippen LogP contribution in [0.15, 0.2) is 6.20 Å². The molecule has 1 atom stereocenters. The number of nitrogens with one attached hydrogen (secondary N) is 1. The van der Waals surface area contributed by atoms with Crippen LogP contribution < -0.4 is 10.5 Å². The highest BCUT2D eigenvalue weighted by atomic mass is 16.5. The van der Waals surface area contributed by atoms with Crippen LogP contribution >= 0.6 is 0 Å². The molecule has 0 fully saturated rings. The molecule has 19 heavy (non-hydrogen) atoms. The molecule has 2 aromatic heterocycles. The Balaban J connectivity index is 2.13. The Kier molecular flexibility index (Phi) is 4.51. The second-order valence-corrected chi connectivity index (χ2v) is 4.42. The number of aromatic amines is 1. The molecule has 0 unspecified atom stereocenters. The Morgan fingerprint density at radius 1 is 1.42 bits per heavy atom. The van der Waals surface area contributed by atoms with Crippen molar-refractivity contribution in [1.82, 2.24) is 20.2 Å². The molecular weight excluding hydrogens is 246 g/mol. The molecule has 0 aliphatic heterocycles. The van der Waals surface area contributed by atoms with Crippen molar-refractivity contribution in [3.8, 4) is 6.01 Å². The zero-order valence-electron chi connectivity index (χ0n) is 11.0. The summed E-state index contributed by atoms with van der Waals surface area (Å²) in [7, 11) is 0. The number of ether oxygens (including phenoxy) is 1. The number of fused-ring (bicyclic) bond motifs is 1. The number of aliphatic hydroxyl groups is 1. The van der Waals surface area contributed by atoms with Crippen molar-refractivity contribution >= 4 is 16.9 Å². The molecule has 7 heteroatoms. The summed E-state index contributed by atoms with van der Waals surface area (Å²) < 4.78 is 5.71. The molecule has 0 bridgehead atoms. The molecule has 0 aromatic carbocycles. The lowest BCUT2D eigenvalue weighted by Gasteiger charge is -2.16. The number of anilines is 1. The van der Waals surface area contributed by atoms with Gasteiger partial charge in [0.05, 0.1) is 11.6 Å². The Bertz CT molecular complexity index is 528. The van der Waals surface area contributed by atoms with E-state index in [0.717, 1.165) is 19.3 Å². The van der Waals surface area contributed by atoms with Gasteiger partial charge in [0.15, 0.2) is 5.65 Å². The number of hydrogen-bond donors (Lipinski definition) is 3. The van der Waals surface area contributed by atoms with Crippen LogP contribution in [-0.4, -0.2) is 38.0 Å². The number of aromatic nitrogens is 4. The van der Waals surface area contributed by atoms with Gasteiger partial charge < -0.3 is 15.6 Å². The summed E-state index contributed by atoms with van der Waals surface area (Å²) in [6, 6.07) is 0.226. The van der Waals surface area contributed by atoms with Gasteiger partial charge in [-0.15, -0.1) is 0 Å². The van der Waals surface area contributed by atoms with E-state index in [4.69, 9.17) is 15.6 Å². The number of nitrogens with zero attached hydrogens (tertiary/aromatic N) is 3. The molecule has 0 spiro atoms. The van der Waals surface area contributed by atoms with E-state index in [0.29, 0.717) is 23.3 Å². The first-order valence-electron chi connectivity index (χ1n) is 6.48. The van der Waals surface area contributed by atoms with E-state index in [1.54, 1.807) is 6.20 Å². The van der Waals surface area contributed by atoms with Gasteiger partial charge in [-0.05, 0) is 6.42 Å². The van der Waals surface area contributed by atoms with E-state index in [2.05, 4.69) is 27.1 Å². The maximum atomic E-state index is 9.05. The lowest BCUT2D eigenvalue weighted by Crippen LogP contribution is -2.19. The molecule has 2 rings (SSSR count). The van der Waals surface area contributed by atoms with Crippen molar-refractivity contribution < 1.29 is 9.84 Å². The lowest BCUT2D eigenvalue weighted by molar-refractivity contribution is 0.134. The third kappa shape index (κ3) is 3.31. The smallest absolute Gasteiger partial charge is 0.320 e. The fourth-order valence-corrected chi connectivity index (χ4v) is 1.88. The maximum Gasteiger partial charge on any atom is 0.320 e. The van der Waals surface area contributed by atoms with E-state index < -0.39 is 0 Å². The van der Waals surface area contributed by atoms with Gasteiger partial charge in [0, 0.05) is 13.0 Å². The van der Waals surface area contributed by atoms with Gasteiger partial charge in [-0.3, -0.25) is 5.10 Å². The van der Waals surface area contributed by atoms with Crippen molar-refractivity contribution in [3.63, 3.8) is 0 Å². The Hall–Kier alpha value is -1.89. The van der Waals surface area contributed by atoms with Gasteiger partial charge >= 0.3 is 6.01 Å². The summed E-state index contributed by atoms with van der Waals surface area (Å²) in [5.74, 6) is 0.340. The molecule has 7 nitrogen and oxygen atoms in total. The average Bonchev–Trinajstić information content (AvgIpc) is 2.85. The van der Waals surface area contributed by atoms with E-state index in [-0.39, 0.29) is 18.7 Å². The number of aliphatic hydroxyl groups excluding tert-OH is 1. The quantitative estimate of drug-likeness (QED) is 0.695.